The Morgan fingerprint density at radius 3 is 2.84 bits per heavy atom. The Kier molecular flexibility index (Phi) is 5.05. The van der Waals surface area contributed by atoms with Gasteiger partial charge >= 0.3 is 6.03 Å². The zero-order valence-electron chi connectivity index (χ0n) is 16.9. The number of imidazole rings is 1. The Balaban J connectivity index is 1.20. The van der Waals surface area contributed by atoms with Gasteiger partial charge in [-0.2, -0.15) is 0 Å². The molecule has 0 saturated carbocycles. The van der Waals surface area contributed by atoms with Crippen molar-refractivity contribution < 1.29 is 13.6 Å². The van der Waals surface area contributed by atoms with Crippen LogP contribution in [0.5, 0.6) is 0 Å². The van der Waals surface area contributed by atoms with Gasteiger partial charge in [0.05, 0.1) is 11.7 Å². The first-order valence-corrected chi connectivity index (χ1v) is 10.5. The van der Waals surface area contributed by atoms with E-state index < -0.39 is 11.6 Å². The highest BCUT2D eigenvalue weighted by Crippen LogP contribution is 2.26. The summed E-state index contributed by atoms with van der Waals surface area (Å²) in [5.74, 6) is -0.408. The molecule has 0 aliphatic carbocycles. The van der Waals surface area contributed by atoms with Crippen LogP contribution in [0.15, 0.2) is 48.7 Å². The standard InChI is InChI=1S/C23H23F2N5O/c24-15-5-7-18(19(25)10-15)21-13-30-12-16(6-8-22(30)29-21)27-23(31)28-17-9-14-3-1-2-4-20(14)26-11-17/h1-5,7,10,13,16-17,26H,6,8-9,11-12H2,(H2,27,28,31). The molecule has 2 unspecified atom stereocenters. The second-order valence-electron chi connectivity index (χ2n) is 8.11. The molecule has 2 aliphatic rings. The molecular formula is C23H23F2N5O. The molecule has 0 radical (unpaired) electrons. The topological polar surface area (TPSA) is 71.0 Å². The van der Waals surface area contributed by atoms with Crippen LogP contribution in [-0.2, 0) is 19.4 Å². The van der Waals surface area contributed by atoms with Crippen LogP contribution in [0, 0.1) is 11.6 Å². The van der Waals surface area contributed by atoms with Crippen molar-refractivity contribution in [3.8, 4) is 11.3 Å². The van der Waals surface area contributed by atoms with Gasteiger partial charge < -0.3 is 20.5 Å². The van der Waals surface area contributed by atoms with E-state index in [0.29, 0.717) is 25.2 Å². The van der Waals surface area contributed by atoms with E-state index in [9.17, 15) is 13.6 Å². The zero-order chi connectivity index (χ0) is 21.4. The Morgan fingerprint density at radius 2 is 1.97 bits per heavy atom. The first kappa shape index (κ1) is 19.5. The van der Waals surface area contributed by atoms with Crippen LogP contribution < -0.4 is 16.0 Å². The smallest absolute Gasteiger partial charge is 0.315 e. The summed E-state index contributed by atoms with van der Waals surface area (Å²) in [6, 6.07) is 11.4. The number of anilines is 1. The minimum absolute atomic E-state index is 0.0235. The van der Waals surface area contributed by atoms with Crippen molar-refractivity contribution in [1.29, 1.82) is 0 Å². The maximum atomic E-state index is 14.1. The SMILES string of the molecule is O=C(NC1CNc2ccccc2C1)NC1CCc2nc(-c3ccc(F)cc3F)cn2C1. The van der Waals surface area contributed by atoms with Crippen LogP contribution in [-0.4, -0.2) is 34.2 Å². The van der Waals surface area contributed by atoms with Gasteiger partial charge in [-0.15, -0.1) is 0 Å². The average molecular weight is 423 g/mol. The molecule has 3 aromatic rings. The molecule has 2 atom stereocenters. The lowest BCUT2D eigenvalue weighted by atomic mass is 10.00. The predicted molar refractivity (Wildman–Crippen MR) is 114 cm³/mol. The molecule has 0 bridgehead atoms. The number of benzene rings is 2. The molecule has 160 valence electrons. The van der Waals surface area contributed by atoms with E-state index in [2.05, 4.69) is 27.0 Å². The third-order valence-electron chi connectivity index (χ3n) is 5.89. The number of carbonyl (C=O) groups is 1. The summed E-state index contributed by atoms with van der Waals surface area (Å²) in [5.41, 5.74) is 3.06. The monoisotopic (exact) mass is 423 g/mol. The van der Waals surface area contributed by atoms with E-state index in [0.717, 1.165) is 30.4 Å². The molecule has 2 aromatic carbocycles. The molecule has 5 rings (SSSR count). The van der Waals surface area contributed by atoms with E-state index in [1.54, 1.807) is 6.20 Å². The zero-order valence-corrected chi connectivity index (χ0v) is 16.9. The number of amides is 2. The summed E-state index contributed by atoms with van der Waals surface area (Å²) >= 11 is 0. The molecule has 1 aromatic heterocycles. The summed E-state index contributed by atoms with van der Waals surface area (Å²) in [4.78, 5) is 17.1. The summed E-state index contributed by atoms with van der Waals surface area (Å²) < 4.78 is 29.2. The lowest BCUT2D eigenvalue weighted by molar-refractivity contribution is 0.229. The molecule has 2 aliphatic heterocycles. The Labute approximate surface area is 178 Å². The molecule has 0 spiro atoms. The van der Waals surface area contributed by atoms with E-state index in [1.807, 2.05) is 22.8 Å². The number of nitrogens with zero attached hydrogens (tertiary/aromatic N) is 2. The van der Waals surface area contributed by atoms with Crippen LogP contribution in [0.2, 0.25) is 0 Å². The third kappa shape index (κ3) is 4.10. The summed E-state index contributed by atoms with van der Waals surface area (Å²) in [7, 11) is 0. The third-order valence-corrected chi connectivity index (χ3v) is 5.89. The van der Waals surface area contributed by atoms with Crippen molar-refractivity contribution >= 4 is 11.7 Å². The lowest BCUT2D eigenvalue weighted by Gasteiger charge is -2.29. The predicted octanol–water partition coefficient (Wildman–Crippen LogP) is 3.48. The minimum Gasteiger partial charge on any atom is -0.383 e. The first-order valence-electron chi connectivity index (χ1n) is 10.5. The fraction of sp³-hybridized carbons (Fsp3) is 0.304. The Bertz CT molecular complexity index is 1130. The van der Waals surface area contributed by atoms with Gasteiger partial charge in [-0.1, -0.05) is 18.2 Å². The van der Waals surface area contributed by atoms with Crippen molar-refractivity contribution in [3.05, 3.63) is 71.7 Å². The fourth-order valence-corrected chi connectivity index (χ4v) is 4.34. The molecule has 0 saturated heterocycles. The number of hydrogen-bond donors (Lipinski definition) is 3. The van der Waals surface area contributed by atoms with E-state index in [4.69, 9.17) is 0 Å². The molecule has 3 heterocycles. The molecule has 3 N–H and O–H groups in total. The van der Waals surface area contributed by atoms with Gasteiger partial charge in [0.2, 0.25) is 0 Å². The number of carbonyl (C=O) groups excluding carboxylic acids is 1. The van der Waals surface area contributed by atoms with Gasteiger partial charge in [0, 0.05) is 49.1 Å². The van der Waals surface area contributed by atoms with E-state index in [1.165, 1.54) is 17.7 Å². The van der Waals surface area contributed by atoms with Crippen molar-refractivity contribution in [2.24, 2.45) is 0 Å². The number of urea groups is 1. The number of rotatable bonds is 3. The molecule has 2 amide bonds. The van der Waals surface area contributed by atoms with Gasteiger partial charge in [-0.3, -0.25) is 0 Å². The Morgan fingerprint density at radius 1 is 1.13 bits per heavy atom. The van der Waals surface area contributed by atoms with Gasteiger partial charge in [0.1, 0.15) is 17.5 Å². The highest BCUT2D eigenvalue weighted by Gasteiger charge is 2.25. The highest BCUT2D eigenvalue weighted by molar-refractivity contribution is 5.75. The van der Waals surface area contributed by atoms with Gasteiger partial charge in [-0.05, 0) is 36.6 Å². The van der Waals surface area contributed by atoms with Crippen LogP contribution >= 0.6 is 0 Å². The van der Waals surface area contributed by atoms with Crippen molar-refractivity contribution in [3.63, 3.8) is 0 Å². The van der Waals surface area contributed by atoms with Crippen LogP contribution in [0.4, 0.5) is 19.3 Å². The summed E-state index contributed by atoms with van der Waals surface area (Å²) in [5, 5.41) is 9.45. The second kappa shape index (κ2) is 8.02. The van der Waals surface area contributed by atoms with Crippen LogP contribution in [0.1, 0.15) is 17.8 Å². The van der Waals surface area contributed by atoms with E-state index >= 15 is 0 Å². The van der Waals surface area contributed by atoms with E-state index in [-0.39, 0.29) is 23.7 Å². The summed E-state index contributed by atoms with van der Waals surface area (Å²) in [6.07, 6.45) is 3.98. The van der Waals surface area contributed by atoms with Gasteiger partial charge in [0.15, 0.2) is 0 Å². The largest absolute Gasteiger partial charge is 0.383 e. The normalized spacial score (nSPS) is 19.7. The lowest BCUT2D eigenvalue weighted by Crippen LogP contribution is -2.51. The number of para-hydroxylation sites is 1. The van der Waals surface area contributed by atoms with Gasteiger partial charge in [0.25, 0.3) is 0 Å². The molecule has 8 heteroatoms. The quantitative estimate of drug-likeness (QED) is 0.604. The maximum Gasteiger partial charge on any atom is 0.315 e. The minimum atomic E-state index is -0.632. The van der Waals surface area contributed by atoms with Gasteiger partial charge in [-0.25, -0.2) is 18.6 Å². The van der Waals surface area contributed by atoms with Crippen molar-refractivity contribution in [2.75, 3.05) is 11.9 Å². The summed E-state index contributed by atoms with van der Waals surface area (Å²) in [6.45, 7) is 1.25. The molecule has 0 fully saturated rings. The average Bonchev–Trinajstić information content (AvgIpc) is 3.16. The second-order valence-corrected chi connectivity index (χ2v) is 8.11. The maximum absolute atomic E-state index is 14.1. The number of aromatic nitrogens is 2. The first-order chi connectivity index (χ1) is 15.0. The molecule has 31 heavy (non-hydrogen) atoms. The number of fused-ring (bicyclic) bond motifs is 2. The fourth-order valence-electron chi connectivity index (χ4n) is 4.34. The highest BCUT2D eigenvalue weighted by atomic mass is 19.1. The molecule has 6 nitrogen and oxygen atoms in total. The van der Waals surface area contributed by atoms with Crippen LogP contribution in [0.25, 0.3) is 11.3 Å². The Hall–Kier alpha value is -3.42. The number of halogens is 2. The number of hydrogen-bond acceptors (Lipinski definition) is 3. The number of aryl methyl sites for hydroxylation is 1. The van der Waals surface area contributed by atoms with Crippen molar-refractivity contribution in [1.82, 2.24) is 20.2 Å². The molecular weight excluding hydrogens is 400 g/mol. The van der Waals surface area contributed by atoms with Crippen LogP contribution in [0.3, 0.4) is 0 Å². The number of nitrogens with one attached hydrogen (secondary N) is 3. The van der Waals surface area contributed by atoms with Crippen molar-refractivity contribution in [2.45, 2.75) is 37.9 Å².